The Kier molecular flexibility index (Phi) is 3.09. The zero-order valence-electron chi connectivity index (χ0n) is 7.65. The van der Waals surface area contributed by atoms with Gasteiger partial charge in [-0.25, -0.2) is 8.42 Å². The quantitative estimate of drug-likeness (QED) is 0.597. The van der Waals surface area contributed by atoms with Crippen LogP contribution in [0.15, 0.2) is 0 Å². The second kappa shape index (κ2) is 3.72. The number of rotatable bonds is 2. The van der Waals surface area contributed by atoms with E-state index in [1.54, 1.807) is 4.31 Å². The van der Waals surface area contributed by atoms with Crippen molar-refractivity contribution in [1.82, 2.24) is 9.21 Å². The number of piperazine rings is 1. The van der Waals surface area contributed by atoms with Gasteiger partial charge in [0.1, 0.15) is 0 Å². The Bertz CT molecular complexity index is 230. The van der Waals surface area contributed by atoms with Crippen molar-refractivity contribution in [2.24, 2.45) is 0 Å². The largest absolute Gasteiger partial charge is 0.301 e. The fourth-order valence-electron chi connectivity index (χ4n) is 1.38. The molecular weight excluding hydrogens is 176 g/mol. The van der Waals surface area contributed by atoms with Crippen LogP contribution in [0, 0.1) is 0 Å². The minimum atomic E-state index is -2.95. The molecule has 72 valence electrons. The maximum atomic E-state index is 11.1. The van der Waals surface area contributed by atoms with E-state index < -0.39 is 10.0 Å². The molecule has 0 spiro atoms. The Morgan fingerprint density at radius 2 is 1.67 bits per heavy atom. The Hall–Kier alpha value is -0.130. The van der Waals surface area contributed by atoms with Gasteiger partial charge in [-0.1, -0.05) is 6.92 Å². The van der Waals surface area contributed by atoms with Gasteiger partial charge >= 0.3 is 0 Å². The third-order valence-corrected chi connectivity index (χ3v) is 3.55. The molecule has 1 saturated heterocycles. The van der Waals surface area contributed by atoms with Crippen molar-refractivity contribution >= 4 is 10.0 Å². The topological polar surface area (TPSA) is 40.6 Å². The maximum absolute atomic E-state index is 11.1. The van der Waals surface area contributed by atoms with Crippen molar-refractivity contribution in [2.45, 2.75) is 6.92 Å². The van der Waals surface area contributed by atoms with Crippen molar-refractivity contribution in [3.63, 3.8) is 0 Å². The molecule has 0 amide bonds. The first-order valence-corrected chi connectivity index (χ1v) is 6.06. The van der Waals surface area contributed by atoms with Gasteiger partial charge in [0.15, 0.2) is 0 Å². The van der Waals surface area contributed by atoms with E-state index in [0.29, 0.717) is 13.1 Å². The van der Waals surface area contributed by atoms with Crippen LogP contribution >= 0.6 is 0 Å². The third kappa shape index (κ3) is 2.43. The lowest BCUT2D eigenvalue weighted by molar-refractivity contribution is 0.197. The van der Waals surface area contributed by atoms with Gasteiger partial charge in [-0.2, -0.15) is 4.31 Å². The van der Waals surface area contributed by atoms with Crippen LogP contribution in [-0.4, -0.2) is 56.6 Å². The van der Waals surface area contributed by atoms with Crippen LogP contribution in [0.4, 0.5) is 0 Å². The molecule has 0 aromatic heterocycles. The molecule has 1 aliphatic heterocycles. The van der Waals surface area contributed by atoms with Gasteiger partial charge < -0.3 is 4.90 Å². The number of likely N-dealkylation sites (N-methyl/N-ethyl adjacent to an activating group) is 1. The molecule has 0 bridgehead atoms. The molecule has 0 radical (unpaired) electrons. The minimum Gasteiger partial charge on any atom is -0.301 e. The number of hydrogen-bond acceptors (Lipinski definition) is 3. The zero-order chi connectivity index (χ0) is 9.19. The van der Waals surface area contributed by atoms with E-state index in [1.807, 2.05) is 0 Å². The Morgan fingerprint density at radius 1 is 1.17 bits per heavy atom. The fraction of sp³-hybridized carbons (Fsp3) is 1.00. The molecule has 0 aliphatic carbocycles. The average molecular weight is 192 g/mol. The summed E-state index contributed by atoms with van der Waals surface area (Å²) >= 11 is 0. The first kappa shape index (κ1) is 9.95. The van der Waals surface area contributed by atoms with Gasteiger partial charge in [0.05, 0.1) is 6.26 Å². The molecule has 0 saturated carbocycles. The normalized spacial score (nSPS) is 22.8. The lowest BCUT2D eigenvalue weighted by Crippen LogP contribution is -2.48. The summed E-state index contributed by atoms with van der Waals surface area (Å²) in [6, 6.07) is 0. The molecule has 0 aromatic carbocycles. The first-order chi connectivity index (χ1) is 5.54. The second-order valence-electron chi connectivity index (χ2n) is 3.10. The summed E-state index contributed by atoms with van der Waals surface area (Å²) < 4.78 is 23.7. The summed E-state index contributed by atoms with van der Waals surface area (Å²) in [6.45, 7) is 6.13. The third-order valence-electron chi connectivity index (χ3n) is 2.25. The average Bonchev–Trinajstić information content (AvgIpc) is 2.03. The smallest absolute Gasteiger partial charge is 0.211 e. The molecule has 0 aromatic rings. The summed E-state index contributed by atoms with van der Waals surface area (Å²) in [5, 5.41) is 0. The highest BCUT2D eigenvalue weighted by Gasteiger charge is 2.21. The first-order valence-electron chi connectivity index (χ1n) is 4.21. The lowest BCUT2D eigenvalue weighted by Gasteiger charge is -2.32. The van der Waals surface area contributed by atoms with Crippen LogP contribution in [0.2, 0.25) is 0 Å². The van der Waals surface area contributed by atoms with E-state index >= 15 is 0 Å². The van der Waals surface area contributed by atoms with Crippen LogP contribution in [-0.2, 0) is 10.0 Å². The van der Waals surface area contributed by atoms with Crippen molar-refractivity contribution in [1.29, 1.82) is 0 Å². The predicted octanol–water partition coefficient (Wildman–Crippen LogP) is -0.416. The minimum absolute atomic E-state index is 0.646. The Balaban J connectivity index is 2.47. The van der Waals surface area contributed by atoms with E-state index in [2.05, 4.69) is 11.8 Å². The molecular formula is C7H16N2O2S. The number of nitrogens with zero attached hydrogens (tertiary/aromatic N) is 2. The monoisotopic (exact) mass is 192 g/mol. The Morgan fingerprint density at radius 3 is 2.00 bits per heavy atom. The van der Waals surface area contributed by atoms with Crippen LogP contribution < -0.4 is 0 Å². The van der Waals surface area contributed by atoms with E-state index in [1.165, 1.54) is 6.26 Å². The van der Waals surface area contributed by atoms with Crippen molar-refractivity contribution in [3.8, 4) is 0 Å². The zero-order valence-corrected chi connectivity index (χ0v) is 8.47. The lowest BCUT2D eigenvalue weighted by atomic mass is 10.4. The van der Waals surface area contributed by atoms with Crippen molar-refractivity contribution in [3.05, 3.63) is 0 Å². The molecule has 5 heteroatoms. The summed E-state index contributed by atoms with van der Waals surface area (Å²) in [6.07, 6.45) is 1.27. The Labute approximate surface area is 74.2 Å². The van der Waals surface area contributed by atoms with Gasteiger partial charge in [0.2, 0.25) is 10.0 Å². The van der Waals surface area contributed by atoms with Gasteiger partial charge in [0, 0.05) is 26.2 Å². The van der Waals surface area contributed by atoms with Crippen molar-refractivity contribution in [2.75, 3.05) is 39.0 Å². The highest BCUT2D eigenvalue weighted by molar-refractivity contribution is 7.88. The van der Waals surface area contributed by atoms with E-state index in [-0.39, 0.29) is 0 Å². The number of sulfonamides is 1. The van der Waals surface area contributed by atoms with Crippen molar-refractivity contribution < 1.29 is 8.42 Å². The summed E-state index contributed by atoms with van der Waals surface area (Å²) in [5.41, 5.74) is 0. The molecule has 1 rings (SSSR count). The highest BCUT2D eigenvalue weighted by atomic mass is 32.2. The van der Waals surface area contributed by atoms with Gasteiger partial charge in [-0.15, -0.1) is 0 Å². The van der Waals surface area contributed by atoms with Gasteiger partial charge in [-0.05, 0) is 6.54 Å². The molecule has 1 heterocycles. The van der Waals surface area contributed by atoms with E-state index in [4.69, 9.17) is 0 Å². The molecule has 12 heavy (non-hydrogen) atoms. The van der Waals surface area contributed by atoms with Gasteiger partial charge in [-0.3, -0.25) is 0 Å². The van der Waals surface area contributed by atoms with Crippen LogP contribution in [0.5, 0.6) is 0 Å². The maximum Gasteiger partial charge on any atom is 0.211 e. The summed E-state index contributed by atoms with van der Waals surface area (Å²) in [4.78, 5) is 2.25. The predicted molar refractivity (Wildman–Crippen MR) is 48.5 cm³/mol. The van der Waals surface area contributed by atoms with Crippen LogP contribution in [0.3, 0.4) is 0 Å². The van der Waals surface area contributed by atoms with E-state index in [0.717, 1.165) is 19.6 Å². The second-order valence-corrected chi connectivity index (χ2v) is 5.08. The molecule has 0 atom stereocenters. The molecule has 1 fully saturated rings. The molecule has 1 aliphatic rings. The fourth-order valence-corrected chi connectivity index (χ4v) is 2.20. The van der Waals surface area contributed by atoms with Gasteiger partial charge in [0.25, 0.3) is 0 Å². The number of hydrogen-bond donors (Lipinski definition) is 0. The van der Waals surface area contributed by atoms with Crippen LogP contribution in [0.25, 0.3) is 0 Å². The van der Waals surface area contributed by atoms with E-state index in [9.17, 15) is 8.42 Å². The standard InChI is InChI=1S/C7H16N2O2S/c1-3-8-4-6-9(7-5-8)12(2,10)11/h3-7H2,1-2H3. The summed E-state index contributed by atoms with van der Waals surface area (Å²) in [7, 11) is -2.95. The molecule has 4 nitrogen and oxygen atoms in total. The van der Waals surface area contributed by atoms with Crippen LogP contribution in [0.1, 0.15) is 6.92 Å². The summed E-state index contributed by atoms with van der Waals surface area (Å²) in [5.74, 6) is 0. The molecule has 0 unspecified atom stereocenters. The highest BCUT2D eigenvalue weighted by Crippen LogP contribution is 2.04. The molecule has 0 N–H and O–H groups in total. The SMILES string of the molecule is CCN1CCN(S(C)(=O)=O)CC1.